The Bertz CT molecular complexity index is 1620. The van der Waals surface area contributed by atoms with Crippen LogP contribution in [0.25, 0.3) is 10.8 Å². The van der Waals surface area contributed by atoms with E-state index in [4.69, 9.17) is 14.2 Å². The number of methoxy groups -OCH3 is 1. The summed E-state index contributed by atoms with van der Waals surface area (Å²) in [6.07, 6.45) is 0.215. The number of carbonyl (C=O) groups is 2. The van der Waals surface area contributed by atoms with Crippen LogP contribution in [-0.4, -0.2) is 25.0 Å². The minimum Gasteiger partial charge on any atom is -0.485 e. The summed E-state index contributed by atoms with van der Waals surface area (Å²) in [6.45, 7) is 0.736. The molecule has 0 saturated carbocycles. The van der Waals surface area contributed by atoms with Gasteiger partial charge >= 0.3 is 5.97 Å². The summed E-state index contributed by atoms with van der Waals surface area (Å²) in [6, 6.07) is 37.7. The zero-order valence-electron chi connectivity index (χ0n) is 22.8. The van der Waals surface area contributed by atoms with Gasteiger partial charge in [0.2, 0.25) is 0 Å². The lowest BCUT2D eigenvalue weighted by molar-refractivity contribution is -0.142. The third kappa shape index (κ3) is 7.31. The van der Waals surface area contributed by atoms with E-state index in [1.807, 2.05) is 115 Å². The highest BCUT2D eigenvalue weighted by Gasteiger charge is 2.23. The highest BCUT2D eigenvalue weighted by atomic mass is 16.5. The molecule has 5 aromatic carbocycles. The number of esters is 1. The predicted octanol–water partition coefficient (Wildman–Crippen LogP) is 6.51. The van der Waals surface area contributed by atoms with Gasteiger partial charge in [-0.2, -0.15) is 0 Å². The summed E-state index contributed by atoms with van der Waals surface area (Å²) < 4.78 is 17.3. The Kier molecular flexibility index (Phi) is 8.91. The van der Waals surface area contributed by atoms with Crippen molar-refractivity contribution in [2.24, 2.45) is 0 Å². The van der Waals surface area contributed by atoms with E-state index in [-0.39, 0.29) is 12.3 Å². The molecule has 0 aliphatic carbocycles. The van der Waals surface area contributed by atoms with E-state index in [1.54, 1.807) is 6.07 Å². The number of hydrogen-bond donors (Lipinski definition) is 1. The first-order valence-electron chi connectivity index (χ1n) is 13.4. The molecule has 5 rings (SSSR count). The molecule has 6 heteroatoms. The van der Waals surface area contributed by atoms with E-state index in [1.165, 1.54) is 7.11 Å². The van der Waals surface area contributed by atoms with Gasteiger partial charge in [-0.05, 0) is 51.7 Å². The second-order valence-electron chi connectivity index (χ2n) is 9.64. The van der Waals surface area contributed by atoms with Gasteiger partial charge in [0.25, 0.3) is 5.91 Å². The second-order valence-corrected chi connectivity index (χ2v) is 9.64. The fourth-order valence-electron chi connectivity index (χ4n) is 4.53. The maximum Gasteiger partial charge on any atom is 0.328 e. The smallest absolute Gasteiger partial charge is 0.328 e. The van der Waals surface area contributed by atoms with Crippen LogP contribution in [-0.2, 0) is 29.2 Å². The summed E-state index contributed by atoms with van der Waals surface area (Å²) in [5.41, 5.74) is 3.30. The van der Waals surface area contributed by atoms with E-state index >= 15 is 0 Å². The molecule has 206 valence electrons. The monoisotopic (exact) mass is 545 g/mol. The molecule has 1 amide bonds. The molecule has 0 radical (unpaired) electrons. The van der Waals surface area contributed by atoms with Crippen molar-refractivity contribution in [2.75, 3.05) is 7.11 Å². The minimum absolute atomic E-state index is 0.215. The van der Waals surface area contributed by atoms with Crippen LogP contribution in [0.2, 0.25) is 0 Å². The molecular formula is C35H31NO5. The first-order chi connectivity index (χ1) is 20.1. The third-order valence-electron chi connectivity index (χ3n) is 6.72. The molecule has 0 unspecified atom stereocenters. The van der Waals surface area contributed by atoms with Crippen molar-refractivity contribution in [2.45, 2.75) is 25.7 Å². The first kappa shape index (κ1) is 27.5. The highest BCUT2D eigenvalue weighted by Crippen LogP contribution is 2.31. The number of nitrogens with one attached hydrogen (secondary N) is 1. The molecule has 41 heavy (non-hydrogen) atoms. The Hall–Kier alpha value is -5.10. The fraction of sp³-hybridized carbons (Fsp3) is 0.143. The quantitative estimate of drug-likeness (QED) is 0.192. The zero-order valence-corrected chi connectivity index (χ0v) is 22.8. The van der Waals surface area contributed by atoms with E-state index in [0.29, 0.717) is 30.3 Å². The van der Waals surface area contributed by atoms with Crippen molar-refractivity contribution in [3.05, 3.63) is 144 Å². The summed E-state index contributed by atoms with van der Waals surface area (Å²) >= 11 is 0. The number of rotatable bonds is 11. The lowest BCUT2D eigenvalue weighted by atomic mass is 10.0. The number of carbonyl (C=O) groups excluding carboxylic acids is 2. The van der Waals surface area contributed by atoms with Gasteiger partial charge in [-0.1, -0.05) is 97.1 Å². The summed E-state index contributed by atoms with van der Waals surface area (Å²) in [4.78, 5) is 25.9. The number of ether oxygens (including phenoxy) is 3. The number of benzene rings is 5. The molecule has 5 aromatic rings. The van der Waals surface area contributed by atoms with Crippen LogP contribution in [0.5, 0.6) is 11.5 Å². The van der Waals surface area contributed by atoms with E-state index < -0.39 is 12.0 Å². The van der Waals surface area contributed by atoms with Crippen molar-refractivity contribution in [3.8, 4) is 11.5 Å². The Morgan fingerprint density at radius 2 is 1.24 bits per heavy atom. The molecule has 0 aliphatic rings. The molecule has 0 aliphatic heterocycles. The van der Waals surface area contributed by atoms with Crippen molar-refractivity contribution < 1.29 is 23.8 Å². The summed E-state index contributed by atoms with van der Waals surface area (Å²) in [5, 5.41) is 4.83. The van der Waals surface area contributed by atoms with Gasteiger partial charge in [0.05, 0.1) is 7.11 Å². The lowest BCUT2D eigenvalue weighted by Gasteiger charge is -2.19. The largest absolute Gasteiger partial charge is 0.485 e. The molecule has 1 atom stereocenters. The molecular weight excluding hydrogens is 514 g/mol. The molecule has 0 heterocycles. The Morgan fingerprint density at radius 3 is 1.90 bits per heavy atom. The molecule has 0 bridgehead atoms. The highest BCUT2D eigenvalue weighted by molar-refractivity contribution is 6.00. The molecule has 0 fully saturated rings. The van der Waals surface area contributed by atoms with Gasteiger partial charge in [-0.25, -0.2) is 4.79 Å². The number of hydrogen-bond acceptors (Lipinski definition) is 5. The minimum atomic E-state index is -0.892. The topological polar surface area (TPSA) is 73.9 Å². The normalized spacial score (nSPS) is 11.4. The van der Waals surface area contributed by atoms with Crippen LogP contribution in [0.15, 0.2) is 121 Å². The number of fused-ring (bicyclic) bond motifs is 1. The summed E-state index contributed by atoms with van der Waals surface area (Å²) in [5.74, 6) is 0.250. The lowest BCUT2D eigenvalue weighted by Crippen LogP contribution is -2.43. The Labute approximate surface area is 239 Å². The van der Waals surface area contributed by atoms with Crippen LogP contribution in [0, 0.1) is 0 Å². The summed E-state index contributed by atoms with van der Waals surface area (Å²) in [7, 11) is 1.31. The van der Waals surface area contributed by atoms with E-state index in [9.17, 15) is 9.59 Å². The third-order valence-corrected chi connectivity index (χ3v) is 6.72. The SMILES string of the molecule is COC(=O)[C@H](Cc1ccc(OCc2ccccc2)c(OCc2ccccc2)c1)NC(=O)c1ccc2ccccc2c1. The van der Waals surface area contributed by atoms with Crippen LogP contribution in [0.1, 0.15) is 27.0 Å². The van der Waals surface area contributed by atoms with Gasteiger partial charge in [0, 0.05) is 12.0 Å². The van der Waals surface area contributed by atoms with Crippen LogP contribution in [0.4, 0.5) is 0 Å². The van der Waals surface area contributed by atoms with Crippen molar-refractivity contribution in [1.29, 1.82) is 0 Å². The Balaban J connectivity index is 1.35. The van der Waals surface area contributed by atoms with Crippen molar-refractivity contribution in [1.82, 2.24) is 5.32 Å². The molecule has 0 aromatic heterocycles. The van der Waals surface area contributed by atoms with Crippen LogP contribution in [0.3, 0.4) is 0 Å². The predicted molar refractivity (Wildman–Crippen MR) is 159 cm³/mol. The zero-order chi connectivity index (χ0) is 28.4. The van der Waals surface area contributed by atoms with Crippen molar-refractivity contribution in [3.63, 3.8) is 0 Å². The van der Waals surface area contributed by atoms with Gasteiger partial charge in [0.1, 0.15) is 19.3 Å². The molecule has 6 nitrogen and oxygen atoms in total. The van der Waals surface area contributed by atoms with E-state index in [0.717, 1.165) is 27.5 Å². The van der Waals surface area contributed by atoms with Crippen LogP contribution < -0.4 is 14.8 Å². The first-order valence-corrected chi connectivity index (χ1v) is 13.4. The molecule has 0 saturated heterocycles. The average molecular weight is 546 g/mol. The Morgan fingerprint density at radius 1 is 0.634 bits per heavy atom. The van der Waals surface area contributed by atoms with Crippen LogP contribution >= 0.6 is 0 Å². The standard InChI is InChI=1S/C35H31NO5/c1-39-35(38)31(36-34(37)30-18-17-28-14-8-9-15-29(28)22-30)20-27-16-19-32(40-23-25-10-4-2-5-11-25)33(21-27)41-24-26-12-6-3-7-13-26/h2-19,21-22,31H,20,23-24H2,1H3,(H,36,37)/t31-/m0/s1. The van der Waals surface area contributed by atoms with Gasteiger partial charge in [0.15, 0.2) is 11.5 Å². The maximum absolute atomic E-state index is 13.1. The van der Waals surface area contributed by atoms with Gasteiger partial charge in [-0.3, -0.25) is 4.79 Å². The number of amides is 1. The maximum atomic E-state index is 13.1. The molecule has 0 spiro atoms. The van der Waals surface area contributed by atoms with Crippen molar-refractivity contribution >= 4 is 22.6 Å². The molecule has 1 N–H and O–H groups in total. The van der Waals surface area contributed by atoms with Gasteiger partial charge < -0.3 is 19.5 Å². The van der Waals surface area contributed by atoms with E-state index in [2.05, 4.69) is 5.32 Å². The average Bonchev–Trinajstić information content (AvgIpc) is 3.03. The van der Waals surface area contributed by atoms with Gasteiger partial charge in [-0.15, -0.1) is 0 Å². The fourth-order valence-corrected chi connectivity index (χ4v) is 4.53. The second kappa shape index (κ2) is 13.3.